The van der Waals surface area contributed by atoms with Crippen LogP contribution in [0.3, 0.4) is 0 Å². The predicted molar refractivity (Wildman–Crippen MR) is 142 cm³/mol. The average molecular weight is 478 g/mol. The number of fused-ring (bicyclic) bond motifs is 1. The quantitative estimate of drug-likeness (QED) is 0.268. The van der Waals surface area contributed by atoms with Crippen molar-refractivity contribution in [2.45, 2.75) is 26.1 Å². The summed E-state index contributed by atoms with van der Waals surface area (Å²) in [4.78, 5) is 15.7. The van der Waals surface area contributed by atoms with Crippen LogP contribution < -0.4 is 5.56 Å². The van der Waals surface area contributed by atoms with Gasteiger partial charge < -0.3 is 0 Å². The van der Waals surface area contributed by atoms with Crippen LogP contribution in [0.2, 0.25) is 0 Å². The first-order chi connectivity index (χ1) is 17.7. The molecule has 0 aliphatic carbocycles. The summed E-state index contributed by atoms with van der Waals surface area (Å²) >= 11 is 0. The van der Waals surface area contributed by atoms with Crippen LogP contribution in [0, 0.1) is 5.82 Å². The summed E-state index contributed by atoms with van der Waals surface area (Å²) in [5.74, 6) is -0.265. The van der Waals surface area contributed by atoms with Gasteiger partial charge in [0.05, 0.1) is 17.6 Å². The normalized spacial score (nSPS) is 11.3. The van der Waals surface area contributed by atoms with Gasteiger partial charge in [-0.2, -0.15) is 5.10 Å². The molecule has 0 saturated carbocycles. The highest BCUT2D eigenvalue weighted by molar-refractivity contribution is 5.83. The van der Waals surface area contributed by atoms with E-state index in [9.17, 15) is 9.18 Å². The molecule has 36 heavy (non-hydrogen) atoms. The highest BCUT2D eigenvalue weighted by Crippen LogP contribution is 2.18. The topological polar surface area (TPSA) is 38.1 Å². The Balaban J connectivity index is 1.43. The van der Waals surface area contributed by atoms with Crippen LogP contribution in [0.5, 0.6) is 0 Å². The van der Waals surface area contributed by atoms with Crippen molar-refractivity contribution in [3.63, 3.8) is 0 Å². The Morgan fingerprint density at radius 2 is 1.22 bits per heavy atom. The summed E-state index contributed by atoms with van der Waals surface area (Å²) in [7, 11) is 0. The van der Waals surface area contributed by atoms with E-state index >= 15 is 0 Å². The maximum atomic E-state index is 13.4. The van der Waals surface area contributed by atoms with Gasteiger partial charge >= 0.3 is 0 Å². The molecule has 0 amide bonds. The molecule has 0 N–H and O–H groups in total. The summed E-state index contributed by atoms with van der Waals surface area (Å²) in [5, 5.41) is 6.28. The Morgan fingerprint density at radius 3 is 1.83 bits per heavy atom. The molecule has 0 bridgehead atoms. The first-order valence-corrected chi connectivity index (χ1v) is 12.2. The van der Waals surface area contributed by atoms with Gasteiger partial charge in [-0.15, -0.1) is 0 Å². The van der Waals surface area contributed by atoms with Crippen molar-refractivity contribution >= 4 is 10.8 Å². The molecule has 5 heteroatoms. The molecule has 0 radical (unpaired) electrons. The number of benzene rings is 4. The second-order valence-electron chi connectivity index (χ2n) is 9.01. The third kappa shape index (κ3) is 5.75. The summed E-state index contributed by atoms with van der Waals surface area (Å²) in [6, 6.07) is 34.8. The lowest BCUT2D eigenvalue weighted by atomic mass is 10.0. The molecular weight excluding hydrogens is 449 g/mol. The molecule has 0 unspecified atom stereocenters. The maximum Gasteiger partial charge on any atom is 0.274 e. The van der Waals surface area contributed by atoms with Crippen LogP contribution in [0.15, 0.2) is 114 Å². The molecule has 0 saturated heterocycles. The van der Waals surface area contributed by atoms with Gasteiger partial charge in [0.25, 0.3) is 5.56 Å². The van der Waals surface area contributed by atoms with Gasteiger partial charge in [0, 0.05) is 31.4 Å². The van der Waals surface area contributed by atoms with Crippen molar-refractivity contribution in [2.75, 3.05) is 6.54 Å². The molecule has 1 aromatic heterocycles. The van der Waals surface area contributed by atoms with Crippen LogP contribution in [0.25, 0.3) is 10.8 Å². The minimum absolute atomic E-state index is 0.0900. The second-order valence-corrected chi connectivity index (χ2v) is 9.01. The van der Waals surface area contributed by atoms with E-state index in [1.807, 2.05) is 60.7 Å². The highest BCUT2D eigenvalue weighted by atomic mass is 19.1. The van der Waals surface area contributed by atoms with E-state index in [2.05, 4.69) is 29.2 Å². The summed E-state index contributed by atoms with van der Waals surface area (Å²) in [6.45, 7) is 2.70. The largest absolute Gasteiger partial charge is 0.293 e. The molecule has 5 rings (SSSR count). The molecule has 0 aliphatic heterocycles. The number of aromatic nitrogens is 2. The highest BCUT2D eigenvalue weighted by Gasteiger charge is 2.13. The van der Waals surface area contributed by atoms with Crippen molar-refractivity contribution in [3.8, 4) is 0 Å². The fourth-order valence-electron chi connectivity index (χ4n) is 4.52. The third-order valence-corrected chi connectivity index (χ3v) is 6.36. The van der Waals surface area contributed by atoms with Crippen LogP contribution in [-0.2, 0) is 26.1 Å². The van der Waals surface area contributed by atoms with Crippen molar-refractivity contribution in [3.05, 3.63) is 148 Å². The van der Waals surface area contributed by atoms with Gasteiger partial charge in [-0.05, 0) is 34.9 Å². The molecule has 4 nitrogen and oxygen atoms in total. The van der Waals surface area contributed by atoms with Gasteiger partial charge in [-0.1, -0.05) is 91.0 Å². The number of halogens is 1. The first kappa shape index (κ1) is 23.6. The Kier molecular flexibility index (Phi) is 7.29. The lowest BCUT2D eigenvalue weighted by Crippen LogP contribution is -2.32. The lowest BCUT2D eigenvalue weighted by Gasteiger charge is -2.23. The predicted octanol–water partition coefficient (Wildman–Crippen LogP) is 5.83. The Morgan fingerprint density at radius 1 is 0.667 bits per heavy atom. The molecule has 0 aliphatic rings. The van der Waals surface area contributed by atoms with E-state index in [-0.39, 0.29) is 11.4 Å². The van der Waals surface area contributed by atoms with Crippen molar-refractivity contribution in [1.29, 1.82) is 0 Å². The van der Waals surface area contributed by atoms with Crippen molar-refractivity contribution in [1.82, 2.24) is 14.7 Å². The zero-order valence-corrected chi connectivity index (χ0v) is 20.1. The fourth-order valence-corrected chi connectivity index (χ4v) is 4.52. The molecule has 5 aromatic rings. The molecule has 1 heterocycles. The maximum absolute atomic E-state index is 13.4. The van der Waals surface area contributed by atoms with Gasteiger partial charge in [0.1, 0.15) is 5.82 Å². The minimum atomic E-state index is -0.265. The number of rotatable bonds is 9. The monoisotopic (exact) mass is 477 g/mol. The van der Waals surface area contributed by atoms with E-state index < -0.39 is 0 Å². The number of hydrogen-bond donors (Lipinski definition) is 0. The smallest absolute Gasteiger partial charge is 0.274 e. The summed E-state index contributed by atoms with van der Waals surface area (Å²) in [6.07, 6.45) is 0.527. The zero-order chi connectivity index (χ0) is 24.7. The molecular formula is C31H28FN3O. The van der Waals surface area contributed by atoms with E-state index in [4.69, 9.17) is 5.10 Å². The fraction of sp³-hybridized carbons (Fsp3) is 0.161. The molecule has 180 valence electrons. The van der Waals surface area contributed by atoms with Crippen molar-refractivity contribution < 1.29 is 4.39 Å². The number of nitrogens with zero attached hydrogens (tertiary/aromatic N) is 3. The van der Waals surface area contributed by atoms with Gasteiger partial charge in [0.2, 0.25) is 0 Å². The van der Waals surface area contributed by atoms with Crippen LogP contribution in [0.4, 0.5) is 4.39 Å². The van der Waals surface area contributed by atoms with Gasteiger partial charge in [0.15, 0.2) is 0 Å². The van der Waals surface area contributed by atoms with Gasteiger partial charge in [-0.25, -0.2) is 9.07 Å². The molecule has 0 fully saturated rings. The SMILES string of the molecule is O=c1c2ccccc2c(Cc2ccc(F)cc2)nn1CCN(Cc1ccccc1)Cc1ccccc1. The first-order valence-electron chi connectivity index (χ1n) is 12.2. The van der Waals surface area contributed by atoms with Crippen LogP contribution in [-0.4, -0.2) is 21.2 Å². The third-order valence-electron chi connectivity index (χ3n) is 6.36. The Labute approximate surface area is 210 Å². The van der Waals surface area contributed by atoms with E-state index in [0.29, 0.717) is 24.9 Å². The summed E-state index contributed by atoms with van der Waals surface area (Å²) in [5.41, 5.74) is 4.13. The molecule has 0 spiro atoms. The molecule has 0 atom stereocenters. The van der Waals surface area contributed by atoms with Gasteiger partial charge in [-0.3, -0.25) is 9.69 Å². The Hall–Kier alpha value is -4.09. The lowest BCUT2D eigenvalue weighted by molar-refractivity contribution is 0.240. The summed E-state index contributed by atoms with van der Waals surface area (Å²) < 4.78 is 15.0. The van der Waals surface area contributed by atoms with Crippen LogP contribution >= 0.6 is 0 Å². The molecule has 4 aromatic carbocycles. The van der Waals surface area contributed by atoms with Crippen molar-refractivity contribution in [2.24, 2.45) is 0 Å². The second kappa shape index (κ2) is 11.1. The number of hydrogen-bond acceptors (Lipinski definition) is 3. The standard InChI is InChI=1S/C31H28FN3O/c32-27-17-15-24(16-18-27)21-30-28-13-7-8-14-29(28)31(36)35(33-30)20-19-34(22-25-9-3-1-4-10-25)23-26-11-5-2-6-12-26/h1-18H,19-23H2. The van der Waals surface area contributed by atoms with E-state index in [0.717, 1.165) is 29.7 Å². The van der Waals surface area contributed by atoms with E-state index in [1.54, 1.807) is 16.8 Å². The van der Waals surface area contributed by atoms with E-state index in [1.165, 1.54) is 23.3 Å². The average Bonchev–Trinajstić information content (AvgIpc) is 2.92. The zero-order valence-electron chi connectivity index (χ0n) is 20.1. The Bertz CT molecular complexity index is 1440. The van der Waals surface area contributed by atoms with Crippen LogP contribution in [0.1, 0.15) is 22.4 Å². The minimum Gasteiger partial charge on any atom is -0.293 e.